The van der Waals surface area contributed by atoms with Gasteiger partial charge in [-0.05, 0) is 44.4 Å². The lowest BCUT2D eigenvalue weighted by atomic mass is 9.92. The molecule has 2 aromatic heterocycles. The maximum Gasteiger partial charge on any atom is 0.342 e. The molecule has 23 heavy (non-hydrogen) atoms. The number of carbonyl (C=O) groups is 1. The Labute approximate surface area is 135 Å². The quantitative estimate of drug-likeness (QED) is 0.879. The molecule has 6 heteroatoms. The zero-order chi connectivity index (χ0) is 16.2. The van der Waals surface area contributed by atoms with Crippen LogP contribution in [0.25, 0.3) is 0 Å². The van der Waals surface area contributed by atoms with E-state index in [0.717, 1.165) is 25.9 Å². The lowest BCUT2D eigenvalue weighted by molar-refractivity contribution is 0.0378. The van der Waals surface area contributed by atoms with Crippen LogP contribution in [0.3, 0.4) is 0 Å². The van der Waals surface area contributed by atoms with Gasteiger partial charge in [0, 0.05) is 31.4 Å². The molecule has 0 bridgehead atoms. The smallest absolute Gasteiger partial charge is 0.342 e. The molecule has 1 aliphatic heterocycles. The van der Waals surface area contributed by atoms with E-state index in [9.17, 15) is 4.79 Å². The second-order valence-electron chi connectivity index (χ2n) is 6.15. The number of hydrogen-bond acceptors (Lipinski definition) is 5. The van der Waals surface area contributed by atoms with Crippen LogP contribution in [0.1, 0.15) is 48.5 Å². The van der Waals surface area contributed by atoms with Crippen molar-refractivity contribution in [3.8, 4) is 0 Å². The van der Waals surface area contributed by atoms with Crippen molar-refractivity contribution in [2.75, 3.05) is 18.0 Å². The third-order valence-corrected chi connectivity index (χ3v) is 4.06. The second kappa shape index (κ2) is 6.81. The SMILES string of the molecule is CC(C)OC(=O)c1cccnc1N1CCCC(c2cn[nH]c2)C1. The Morgan fingerprint density at radius 2 is 2.35 bits per heavy atom. The zero-order valence-corrected chi connectivity index (χ0v) is 13.5. The van der Waals surface area contributed by atoms with Gasteiger partial charge < -0.3 is 9.64 Å². The normalized spacial score (nSPS) is 18.2. The number of nitrogens with one attached hydrogen (secondary N) is 1. The van der Waals surface area contributed by atoms with Crippen molar-refractivity contribution in [1.29, 1.82) is 0 Å². The average Bonchev–Trinajstić information content (AvgIpc) is 3.09. The average molecular weight is 314 g/mol. The fraction of sp³-hybridized carbons (Fsp3) is 0.471. The van der Waals surface area contributed by atoms with E-state index in [0.29, 0.717) is 17.3 Å². The number of ether oxygens (including phenoxy) is 1. The van der Waals surface area contributed by atoms with E-state index in [1.807, 2.05) is 26.2 Å². The fourth-order valence-electron chi connectivity index (χ4n) is 3.01. The molecule has 1 N–H and O–H groups in total. The van der Waals surface area contributed by atoms with Gasteiger partial charge in [0.25, 0.3) is 0 Å². The van der Waals surface area contributed by atoms with Crippen molar-refractivity contribution >= 4 is 11.8 Å². The minimum Gasteiger partial charge on any atom is -0.459 e. The number of aromatic nitrogens is 3. The van der Waals surface area contributed by atoms with Crippen LogP contribution in [0.5, 0.6) is 0 Å². The van der Waals surface area contributed by atoms with Crippen LogP contribution in [0.4, 0.5) is 5.82 Å². The topological polar surface area (TPSA) is 71.1 Å². The molecule has 6 nitrogen and oxygen atoms in total. The third-order valence-electron chi connectivity index (χ3n) is 4.06. The van der Waals surface area contributed by atoms with E-state index in [2.05, 4.69) is 20.1 Å². The van der Waals surface area contributed by atoms with Crippen LogP contribution >= 0.6 is 0 Å². The molecule has 3 heterocycles. The molecule has 1 saturated heterocycles. The summed E-state index contributed by atoms with van der Waals surface area (Å²) in [6.45, 7) is 5.43. The number of carbonyl (C=O) groups excluding carboxylic acids is 1. The van der Waals surface area contributed by atoms with Gasteiger partial charge in [0.15, 0.2) is 0 Å². The van der Waals surface area contributed by atoms with Crippen molar-refractivity contribution in [2.45, 2.75) is 38.7 Å². The highest BCUT2D eigenvalue weighted by Crippen LogP contribution is 2.30. The summed E-state index contributed by atoms with van der Waals surface area (Å²) in [7, 11) is 0. The van der Waals surface area contributed by atoms with Gasteiger partial charge in [-0.15, -0.1) is 0 Å². The first kappa shape index (κ1) is 15.5. The monoisotopic (exact) mass is 314 g/mol. The summed E-state index contributed by atoms with van der Waals surface area (Å²) in [5, 5.41) is 6.91. The Morgan fingerprint density at radius 3 is 3.09 bits per heavy atom. The minimum absolute atomic E-state index is 0.143. The van der Waals surface area contributed by atoms with E-state index < -0.39 is 0 Å². The van der Waals surface area contributed by atoms with E-state index in [1.165, 1.54) is 5.56 Å². The molecule has 1 atom stereocenters. The van der Waals surface area contributed by atoms with E-state index >= 15 is 0 Å². The number of hydrogen-bond donors (Lipinski definition) is 1. The number of aromatic amines is 1. The van der Waals surface area contributed by atoms with E-state index in [4.69, 9.17) is 4.74 Å². The molecule has 0 aliphatic carbocycles. The van der Waals surface area contributed by atoms with Crippen LogP contribution in [0.15, 0.2) is 30.7 Å². The molecule has 0 amide bonds. The molecule has 0 aromatic carbocycles. The van der Waals surface area contributed by atoms with Crippen LogP contribution in [-0.4, -0.2) is 40.3 Å². The zero-order valence-electron chi connectivity index (χ0n) is 13.5. The highest BCUT2D eigenvalue weighted by molar-refractivity contribution is 5.94. The van der Waals surface area contributed by atoms with Crippen LogP contribution < -0.4 is 4.90 Å². The van der Waals surface area contributed by atoms with Crippen LogP contribution in [-0.2, 0) is 4.74 Å². The Kier molecular flexibility index (Phi) is 4.60. The summed E-state index contributed by atoms with van der Waals surface area (Å²) in [4.78, 5) is 19.0. The summed E-state index contributed by atoms with van der Waals surface area (Å²) < 4.78 is 5.35. The molecule has 0 saturated carbocycles. The first-order valence-electron chi connectivity index (χ1n) is 8.04. The molecule has 122 valence electrons. The van der Waals surface area contributed by atoms with E-state index in [1.54, 1.807) is 18.3 Å². The maximum atomic E-state index is 12.3. The number of pyridine rings is 1. The molecule has 0 spiro atoms. The van der Waals surface area contributed by atoms with Gasteiger partial charge in [-0.2, -0.15) is 5.10 Å². The first-order chi connectivity index (χ1) is 11.1. The maximum absolute atomic E-state index is 12.3. The lowest BCUT2D eigenvalue weighted by Gasteiger charge is -2.34. The van der Waals surface area contributed by atoms with Crippen molar-refractivity contribution in [3.63, 3.8) is 0 Å². The van der Waals surface area contributed by atoms with Crippen molar-refractivity contribution in [1.82, 2.24) is 15.2 Å². The van der Waals surface area contributed by atoms with Crippen LogP contribution in [0, 0.1) is 0 Å². The Hall–Kier alpha value is -2.37. The number of esters is 1. The summed E-state index contributed by atoms with van der Waals surface area (Å²) in [6.07, 6.45) is 7.58. The Balaban J connectivity index is 1.82. The highest BCUT2D eigenvalue weighted by atomic mass is 16.5. The molecule has 0 radical (unpaired) electrons. The van der Waals surface area contributed by atoms with Crippen LogP contribution in [0.2, 0.25) is 0 Å². The summed E-state index contributed by atoms with van der Waals surface area (Å²) in [5.74, 6) is 0.804. The second-order valence-corrected chi connectivity index (χ2v) is 6.15. The molecule has 2 aromatic rings. The molecule has 1 fully saturated rings. The summed E-state index contributed by atoms with van der Waals surface area (Å²) in [5.41, 5.74) is 1.74. The number of rotatable bonds is 4. The fourth-order valence-corrected chi connectivity index (χ4v) is 3.01. The van der Waals surface area contributed by atoms with Gasteiger partial charge in [0.1, 0.15) is 11.4 Å². The van der Waals surface area contributed by atoms with Crippen molar-refractivity contribution in [2.24, 2.45) is 0 Å². The number of H-pyrrole nitrogens is 1. The largest absolute Gasteiger partial charge is 0.459 e. The van der Waals surface area contributed by atoms with Gasteiger partial charge in [0.2, 0.25) is 0 Å². The molecular formula is C17H22N4O2. The Morgan fingerprint density at radius 1 is 1.48 bits per heavy atom. The van der Waals surface area contributed by atoms with Gasteiger partial charge >= 0.3 is 5.97 Å². The number of anilines is 1. The number of piperidine rings is 1. The predicted octanol–water partition coefficient (Wildman–Crippen LogP) is 2.75. The third kappa shape index (κ3) is 3.52. The molecule has 3 rings (SSSR count). The van der Waals surface area contributed by atoms with Crippen molar-refractivity contribution < 1.29 is 9.53 Å². The van der Waals surface area contributed by atoms with Gasteiger partial charge in [-0.25, -0.2) is 9.78 Å². The predicted molar refractivity (Wildman–Crippen MR) is 87.6 cm³/mol. The van der Waals surface area contributed by atoms with E-state index in [-0.39, 0.29) is 12.1 Å². The molecular weight excluding hydrogens is 292 g/mol. The van der Waals surface area contributed by atoms with Crippen molar-refractivity contribution in [3.05, 3.63) is 41.9 Å². The lowest BCUT2D eigenvalue weighted by Crippen LogP contribution is -2.36. The highest BCUT2D eigenvalue weighted by Gasteiger charge is 2.26. The van der Waals surface area contributed by atoms with Gasteiger partial charge in [0.05, 0.1) is 12.3 Å². The minimum atomic E-state index is -0.312. The summed E-state index contributed by atoms with van der Waals surface area (Å²) >= 11 is 0. The van der Waals surface area contributed by atoms with Gasteiger partial charge in [-0.3, -0.25) is 5.10 Å². The standard InChI is InChI=1S/C17H22N4O2/c1-12(2)23-17(22)15-6-3-7-18-16(15)21-8-4-5-13(11-21)14-9-19-20-10-14/h3,6-7,9-10,12-13H,4-5,8,11H2,1-2H3,(H,19,20). The first-order valence-corrected chi connectivity index (χ1v) is 8.04. The number of nitrogens with zero attached hydrogens (tertiary/aromatic N) is 3. The summed E-state index contributed by atoms with van der Waals surface area (Å²) in [6, 6.07) is 3.56. The molecule has 1 unspecified atom stereocenters. The van der Waals surface area contributed by atoms with Gasteiger partial charge in [-0.1, -0.05) is 0 Å². The molecule has 1 aliphatic rings. The Bertz CT molecular complexity index is 654.